The summed E-state index contributed by atoms with van der Waals surface area (Å²) in [6.45, 7) is 0. The quantitative estimate of drug-likeness (QED) is 0.579. The van der Waals surface area contributed by atoms with Crippen LogP contribution in [0, 0.1) is 23.7 Å². The Balaban J connectivity index is 1.82. The summed E-state index contributed by atoms with van der Waals surface area (Å²) in [7, 11) is 0. The van der Waals surface area contributed by atoms with Crippen molar-refractivity contribution in [1.29, 1.82) is 0 Å². The fourth-order valence-electron chi connectivity index (χ4n) is 3.31. The molecule has 1 saturated carbocycles. The van der Waals surface area contributed by atoms with Gasteiger partial charge in [-0.05, 0) is 30.4 Å². The van der Waals surface area contributed by atoms with Crippen LogP contribution < -0.4 is 5.32 Å². The molecule has 1 amide bonds. The van der Waals surface area contributed by atoms with Crippen LogP contribution in [-0.4, -0.2) is 22.1 Å². The molecule has 0 unspecified atom stereocenters. The molecule has 1 aromatic carbocycles. The fourth-order valence-corrected chi connectivity index (χ4v) is 3.31. The molecule has 3 N–H and O–H groups in total. The number of rotatable bonds is 3. The second-order valence-corrected chi connectivity index (χ2v) is 5.34. The van der Waals surface area contributed by atoms with Crippen molar-refractivity contribution in [2.24, 2.45) is 23.7 Å². The van der Waals surface area contributed by atoms with E-state index < -0.39 is 17.8 Å². The number of hydrogen-bond acceptors (Lipinski definition) is 3. The highest BCUT2D eigenvalue weighted by Crippen LogP contribution is 2.48. The molecule has 0 radical (unpaired) electrons. The Labute approximate surface area is 115 Å². The highest BCUT2D eigenvalue weighted by Gasteiger charge is 2.51. The molecule has 0 aromatic heterocycles. The summed E-state index contributed by atoms with van der Waals surface area (Å²) in [6.07, 6.45) is 4.54. The van der Waals surface area contributed by atoms with Crippen LogP contribution in [0.25, 0.3) is 0 Å². The number of nitrogens with one attached hydrogen (secondary N) is 1. The first kappa shape index (κ1) is 12.7. The van der Waals surface area contributed by atoms with E-state index >= 15 is 0 Å². The molecule has 4 atom stereocenters. The van der Waals surface area contributed by atoms with Gasteiger partial charge in [0, 0.05) is 0 Å². The molecule has 0 spiro atoms. The fraction of sp³-hybridized carbons (Fsp3) is 0.333. The Morgan fingerprint density at radius 1 is 1.10 bits per heavy atom. The van der Waals surface area contributed by atoms with Crippen LogP contribution in [0.1, 0.15) is 6.42 Å². The minimum absolute atomic E-state index is 0.0213. The lowest BCUT2D eigenvalue weighted by Crippen LogP contribution is -2.36. The number of aliphatic carboxylic acids is 1. The van der Waals surface area contributed by atoms with Crippen molar-refractivity contribution < 1.29 is 19.8 Å². The SMILES string of the molecule is O=C(O)[C@@H]1[C@H](C(=O)Nc2ccccc2O)[C@H]2C=C[C@H]1C2. The molecule has 2 aliphatic carbocycles. The van der Waals surface area contributed by atoms with Crippen molar-refractivity contribution in [2.75, 3.05) is 5.32 Å². The van der Waals surface area contributed by atoms with E-state index in [2.05, 4.69) is 5.32 Å². The van der Waals surface area contributed by atoms with Gasteiger partial charge in [-0.2, -0.15) is 0 Å². The molecular weight excluding hydrogens is 258 g/mol. The second kappa shape index (κ2) is 4.67. The highest BCUT2D eigenvalue weighted by molar-refractivity contribution is 5.97. The number of carbonyl (C=O) groups excluding carboxylic acids is 1. The van der Waals surface area contributed by atoms with Crippen LogP contribution >= 0.6 is 0 Å². The molecule has 5 heteroatoms. The maximum atomic E-state index is 12.4. The van der Waals surface area contributed by atoms with Gasteiger partial charge in [0.05, 0.1) is 17.5 Å². The van der Waals surface area contributed by atoms with Crippen LogP contribution in [0.4, 0.5) is 5.69 Å². The maximum Gasteiger partial charge on any atom is 0.307 e. The van der Waals surface area contributed by atoms with Gasteiger partial charge in [-0.15, -0.1) is 0 Å². The van der Waals surface area contributed by atoms with Gasteiger partial charge >= 0.3 is 5.97 Å². The van der Waals surface area contributed by atoms with Crippen LogP contribution in [0.15, 0.2) is 36.4 Å². The van der Waals surface area contributed by atoms with Crippen LogP contribution in [-0.2, 0) is 9.59 Å². The van der Waals surface area contributed by atoms with Crippen molar-refractivity contribution in [1.82, 2.24) is 0 Å². The number of carbonyl (C=O) groups is 2. The Bertz CT molecular complexity index is 595. The zero-order chi connectivity index (χ0) is 14.3. The van der Waals surface area contributed by atoms with Crippen LogP contribution in [0.3, 0.4) is 0 Å². The highest BCUT2D eigenvalue weighted by atomic mass is 16.4. The smallest absolute Gasteiger partial charge is 0.307 e. The number of allylic oxidation sites excluding steroid dienone is 2. The van der Waals surface area contributed by atoms with Gasteiger partial charge in [0.1, 0.15) is 5.75 Å². The average Bonchev–Trinajstić information content (AvgIpc) is 3.01. The molecule has 0 aliphatic heterocycles. The molecule has 104 valence electrons. The van der Waals surface area contributed by atoms with Gasteiger partial charge in [0.15, 0.2) is 0 Å². The topological polar surface area (TPSA) is 86.6 Å². The first-order valence-electron chi connectivity index (χ1n) is 6.58. The van der Waals surface area contributed by atoms with E-state index in [4.69, 9.17) is 0 Å². The maximum absolute atomic E-state index is 12.4. The zero-order valence-electron chi connectivity index (χ0n) is 10.7. The van der Waals surface area contributed by atoms with Crippen molar-refractivity contribution in [2.45, 2.75) is 6.42 Å². The molecule has 2 bridgehead atoms. The summed E-state index contributed by atoms with van der Waals surface area (Å²) in [5.41, 5.74) is 0.313. The van der Waals surface area contributed by atoms with Crippen molar-refractivity contribution >= 4 is 17.6 Å². The number of aromatic hydroxyl groups is 1. The van der Waals surface area contributed by atoms with Crippen molar-refractivity contribution in [3.63, 3.8) is 0 Å². The molecule has 1 fully saturated rings. The van der Waals surface area contributed by atoms with E-state index in [1.807, 2.05) is 12.2 Å². The predicted octanol–water partition coefficient (Wildman–Crippen LogP) is 1.85. The second-order valence-electron chi connectivity index (χ2n) is 5.34. The third kappa shape index (κ3) is 1.95. The van der Waals surface area contributed by atoms with E-state index in [1.165, 1.54) is 6.07 Å². The molecule has 1 aromatic rings. The Kier molecular flexibility index (Phi) is 2.97. The summed E-state index contributed by atoms with van der Waals surface area (Å²) in [5, 5.41) is 21.6. The third-order valence-electron chi connectivity index (χ3n) is 4.21. The lowest BCUT2D eigenvalue weighted by atomic mass is 9.82. The van der Waals surface area contributed by atoms with Gasteiger partial charge in [-0.25, -0.2) is 0 Å². The number of benzene rings is 1. The number of fused-ring (bicyclic) bond motifs is 2. The van der Waals surface area contributed by atoms with Gasteiger partial charge in [0.25, 0.3) is 0 Å². The number of phenols is 1. The standard InChI is InChI=1S/C15H15NO4/c17-11-4-2-1-3-10(11)16-14(18)12-8-5-6-9(7-8)13(12)15(19)20/h1-6,8-9,12-13,17H,7H2,(H,16,18)(H,19,20)/t8-,9-,12+,13-/m0/s1. The lowest BCUT2D eigenvalue weighted by Gasteiger charge is -2.24. The Morgan fingerprint density at radius 2 is 1.75 bits per heavy atom. The normalized spacial score (nSPS) is 30.4. The first-order chi connectivity index (χ1) is 9.58. The van der Waals surface area contributed by atoms with Gasteiger partial charge in [-0.3, -0.25) is 9.59 Å². The number of hydrogen-bond donors (Lipinski definition) is 3. The summed E-state index contributed by atoms with van der Waals surface area (Å²) in [5.74, 6) is -2.61. The van der Waals surface area contributed by atoms with Gasteiger partial charge < -0.3 is 15.5 Å². The third-order valence-corrected chi connectivity index (χ3v) is 4.21. The van der Waals surface area contributed by atoms with E-state index in [-0.39, 0.29) is 23.5 Å². The number of carboxylic acid groups (broad SMARTS) is 1. The number of para-hydroxylation sites is 2. The lowest BCUT2D eigenvalue weighted by molar-refractivity contribution is -0.146. The summed E-state index contributed by atoms with van der Waals surface area (Å²) in [4.78, 5) is 23.7. The Morgan fingerprint density at radius 3 is 2.40 bits per heavy atom. The van der Waals surface area contributed by atoms with E-state index in [1.54, 1.807) is 18.2 Å². The largest absolute Gasteiger partial charge is 0.506 e. The molecular formula is C15H15NO4. The van der Waals surface area contributed by atoms with Gasteiger partial charge in [0.2, 0.25) is 5.91 Å². The van der Waals surface area contributed by atoms with Crippen LogP contribution in [0.2, 0.25) is 0 Å². The number of phenolic OH excluding ortho intramolecular Hbond substituents is 1. The monoisotopic (exact) mass is 273 g/mol. The van der Waals surface area contributed by atoms with Crippen LogP contribution in [0.5, 0.6) is 5.75 Å². The summed E-state index contributed by atoms with van der Waals surface area (Å²) >= 11 is 0. The average molecular weight is 273 g/mol. The summed E-state index contributed by atoms with van der Waals surface area (Å²) < 4.78 is 0. The predicted molar refractivity (Wildman–Crippen MR) is 72.1 cm³/mol. The Hall–Kier alpha value is -2.30. The summed E-state index contributed by atoms with van der Waals surface area (Å²) in [6, 6.07) is 6.42. The zero-order valence-corrected chi connectivity index (χ0v) is 10.7. The molecule has 0 heterocycles. The van der Waals surface area contributed by atoms with E-state index in [9.17, 15) is 19.8 Å². The van der Waals surface area contributed by atoms with Gasteiger partial charge in [-0.1, -0.05) is 24.3 Å². The molecule has 5 nitrogen and oxygen atoms in total. The minimum atomic E-state index is -0.931. The number of carboxylic acids is 1. The first-order valence-corrected chi connectivity index (χ1v) is 6.58. The molecule has 20 heavy (non-hydrogen) atoms. The molecule has 3 rings (SSSR count). The number of anilines is 1. The minimum Gasteiger partial charge on any atom is -0.506 e. The van der Waals surface area contributed by atoms with E-state index in [0.717, 1.165) is 6.42 Å². The number of amides is 1. The molecule has 0 saturated heterocycles. The molecule has 2 aliphatic rings. The van der Waals surface area contributed by atoms with Crippen molar-refractivity contribution in [3.05, 3.63) is 36.4 Å². The van der Waals surface area contributed by atoms with Crippen molar-refractivity contribution in [3.8, 4) is 5.75 Å². The van der Waals surface area contributed by atoms with E-state index in [0.29, 0.717) is 5.69 Å².